The van der Waals surface area contributed by atoms with Gasteiger partial charge in [-0.25, -0.2) is 9.59 Å². The molecule has 8 nitrogen and oxygen atoms in total. The summed E-state index contributed by atoms with van der Waals surface area (Å²) in [6.45, 7) is 7.73. The molecule has 5 aromatic rings. The SMILES string of the molecule is CCCCCCCCCCc1cc(C(=O)NCCCCCCCCC)c2c(C(=O)NCCCCCCCCC)ccc3c4ccc(C(=O)O)c5c(C(=O)O)ccc(c1c23)c54. The van der Waals surface area contributed by atoms with Gasteiger partial charge in [0.2, 0.25) is 0 Å². The second-order valence-corrected chi connectivity index (χ2v) is 17.0. The van der Waals surface area contributed by atoms with Crippen LogP contribution in [-0.2, 0) is 6.42 Å². The summed E-state index contributed by atoms with van der Waals surface area (Å²) < 4.78 is 0. The number of carboxylic acid groups (broad SMARTS) is 2. The number of fused-ring (bicyclic) bond motifs is 2. The van der Waals surface area contributed by atoms with E-state index in [0.29, 0.717) is 46.8 Å². The number of aryl methyl sites for hydroxylation is 1. The molecule has 2 amide bonds. The molecule has 0 heterocycles. The van der Waals surface area contributed by atoms with E-state index in [4.69, 9.17) is 0 Å². The highest BCUT2D eigenvalue weighted by molar-refractivity contribution is 6.39. The van der Waals surface area contributed by atoms with Crippen molar-refractivity contribution in [3.8, 4) is 0 Å². The average molecular weight is 819 g/mol. The van der Waals surface area contributed by atoms with Crippen molar-refractivity contribution < 1.29 is 29.4 Å². The minimum atomic E-state index is -1.20. The molecule has 0 atom stereocenters. The molecular weight excluding hydrogens is 749 g/mol. The van der Waals surface area contributed by atoms with Gasteiger partial charge in [-0.15, -0.1) is 0 Å². The first-order valence-electron chi connectivity index (χ1n) is 23.5. The van der Waals surface area contributed by atoms with Gasteiger partial charge in [0, 0.05) is 35.0 Å². The Balaban J connectivity index is 1.63. The maximum atomic E-state index is 14.5. The van der Waals surface area contributed by atoms with Crippen molar-refractivity contribution in [3.05, 3.63) is 70.3 Å². The summed E-state index contributed by atoms with van der Waals surface area (Å²) in [5.41, 5.74) is 1.71. The number of hydrogen-bond acceptors (Lipinski definition) is 4. The number of benzene rings is 5. The van der Waals surface area contributed by atoms with Crippen LogP contribution >= 0.6 is 0 Å². The van der Waals surface area contributed by atoms with Crippen molar-refractivity contribution in [3.63, 3.8) is 0 Å². The van der Waals surface area contributed by atoms with Crippen molar-refractivity contribution in [1.82, 2.24) is 10.6 Å². The van der Waals surface area contributed by atoms with Crippen LogP contribution in [0, 0.1) is 0 Å². The van der Waals surface area contributed by atoms with Crippen LogP contribution in [0.3, 0.4) is 0 Å². The van der Waals surface area contributed by atoms with E-state index in [9.17, 15) is 29.4 Å². The number of rotatable bonds is 29. The maximum absolute atomic E-state index is 14.5. The Morgan fingerprint density at radius 2 is 0.783 bits per heavy atom. The highest BCUT2D eigenvalue weighted by Crippen LogP contribution is 2.46. The first kappa shape index (κ1) is 46.3. The van der Waals surface area contributed by atoms with Gasteiger partial charge in [0.15, 0.2) is 0 Å². The fraction of sp³-hybridized carbons (Fsp3) is 0.538. The van der Waals surface area contributed by atoms with Gasteiger partial charge >= 0.3 is 11.9 Å². The molecule has 0 saturated carbocycles. The summed E-state index contributed by atoms with van der Waals surface area (Å²) in [5, 5.41) is 32.2. The monoisotopic (exact) mass is 819 g/mol. The van der Waals surface area contributed by atoms with Crippen molar-refractivity contribution in [2.75, 3.05) is 13.1 Å². The predicted octanol–water partition coefficient (Wildman–Crippen LogP) is 13.8. The van der Waals surface area contributed by atoms with Crippen LogP contribution in [0.5, 0.6) is 0 Å². The number of aromatic carboxylic acids is 2. The third-order valence-corrected chi connectivity index (χ3v) is 12.5. The molecule has 5 aromatic carbocycles. The summed E-state index contributed by atoms with van der Waals surface area (Å²) in [4.78, 5) is 54.0. The van der Waals surface area contributed by atoms with Gasteiger partial charge < -0.3 is 20.8 Å². The minimum Gasteiger partial charge on any atom is -0.478 e. The zero-order chi connectivity index (χ0) is 42.9. The van der Waals surface area contributed by atoms with Crippen molar-refractivity contribution in [2.24, 2.45) is 0 Å². The van der Waals surface area contributed by atoms with E-state index < -0.39 is 11.9 Å². The number of carbonyl (C=O) groups is 4. The Morgan fingerprint density at radius 1 is 0.400 bits per heavy atom. The molecule has 0 aliphatic rings. The summed E-state index contributed by atoms with van der Waals surface area (Å²) >= 11 is 0. The normalized spacial score (nSPS) is 11.7. The highest BCUT2D eigenvalue weighted by Gasteiger charge is 2.27. The second-order valence-electron chi connectivity index (χ2n) is 17.0. The third-order valence-electron chi connectivity index (χ3n) is 12.5. The van der Waals surface area contributed by atoms with E-state index in [1.165, 1.54) is 95.6 Å². The van der Waals surface area contributed by atoms with Gasteiger partial charge in [0.05, 0.1) is 11.1 Å². The van der Waals surface area contributed by atoms with Gasteiger partial charge in [-0.05, 0) is 87.8 Å². The molecule has 324 valence electrons. The van der Waals surface area contributed by atoms with Crippen molar-refractivity contribution >= 4 is 66.8 Å². The number of hydrogen-bond donors (Lipinski definition) is 4. The number of carboxylic acids is 2. The van der Waals surface area contributed by atoms with Crippen LogP contribution in [0.2, 0.25) is 0 Å². The van der Waals surface area contributed by atoms with Crippen LogP contribution < -0.4 is 10.6 Å². The molecule has 0 aliphatic heterocycles. The van der Waals surface area contributed by atoms with Crippen LogP contribution in [0.15, 0.2) is 42.5 Å². The van der Waals surface area contributed by atoms with Crippen molar-refractivity contribution in [2.45, 2.75) is 168 Å². The molecule has 4 N–H and O–H groups in total. The lowest BCUT2D eigenvalue weighted by Gasteiger charge is -2.22. The molecule has 0 spiro atoms. The Hall–Kier alpha value is -4.72. The molecule has 0 unspecified atom stereocenters. The molecule has 0 saturated heterocycles. The molecule has 0 aromatic heterocycles. The lowest BCUT2D eigenvalue weighted by Crippen LogP contribution is -2.27. The van der Waals surface area contributed by atoms with E-state index in [1.54, 1.807) is 18.2 Å². The first-order valence-corrected chi connectivity index (χ1v) is 23.5. The molecule has 5 rings (SSSR count). The first-order chi connectivity index (χ1) is 29.2. The van der Waals surface area contributed by atoms with Crippen molar-refractivity contribution in [1.29, 1.82) is 0 Å². The maximum Gasteiger partial charge on any atom is 0.336 e. The Kier molecular flexibility index (Phi) is 18.5. The van der Waals surface area contributed by atoms with Crippen LogP contribution in [0.4, 0.5) is 0 Å². The van der Waals surface area contributed by atoms with Gasteiger partial charge in [-0.2, -0.15) is 0 Å². The second kappa shape index (κ2) is 23.9. The lowest BCUT2D eigenvalue weighted by atomic mass is 9.81. The Morgan fingerprint density at radius 3 is 1.27 bits per heavy atom. The van der Waals surface area contributed by atoms with Crippen LogP contribution in [-0.4, -0.2) is 47.1 Å². The molecule has 0 fully saturated rings. The molecule has 0 radical (unpaired) electrons. The zero-order valence-corrected chi connectivity index (χ0v) is 36.7. The van der Waals surface area contributed by atoms with Crippen LogP contribution in [0.25, 0.3) is 43.1 Å². The lowest BCUT2D eigenvalue weighted by molar-refractivity contribution is 0.0695. The molecule has 0 aliphatic carbocycles. The Labute approximate surface area is 357 Å². The summed E-state index contributed by atoms with van der Waals surface area (Å²) in [5.74, 6) is -2.83. The summed E-state index contributed by atoms with van der Waals surface area (Å²) in [6.07, 6.45) is 25.8. The van der Waals surface area contributed by atoms with Gasteiger partial charge in [0.1, 0.15) is 0 Å². The van der Waals surface area contributed by atoms with Crippen LogP contribution in [0.1, 0.15) is 209 Å². The molecule has 8 heteroatoms. The highest BCUT2D eigenvalue weighted by atomic mass is 16.4. The number of nitrogens with one attached hydrogen (secondary N) is 2. The standard InChI is InChI=1S/C52H70N2O6/c1-4-7-10-13-16-17-20-23-26-36-35-43(50(56)54-34-25-22-19-15-12-9-6-3)46-40(49(55)53-33-24-21-18-14-11-8-5-2)30-27-38-37-28-31-41(51(57)58)47-42(52(59)60)32-29-39(45(37)47)44(36)48(38)46/h27-32,35H,4-26,33-34H2,1-3H3,(H,53,55)(H,54,56)(H,57,58)(H,59,60). The quantitative estimate of drug-likeness (QED) is 0.0216. The van der Waals surface area contributed by atoms with Gasteiger partial charge in [-0.3, -0.25) is 9.59 Å². The minimum absolute atomic E-state index is 0.0694. The van der Waals surface area contributed by atoms with E-state index in [2.05, 4.69) is 31.4 Å². The predicted molar refractivity (Wildman–Crippen MR) is 249 cm³/mol. The number of carbonyl (C=O) groups excluding carboxylic acids is 2. The van der Waals surface area contributed by atoms with E-state index in [0.717, 1.165) is 84.9 Å². The van der Waals surface area contributed by atoms with E-state index in [-0.39, 0.29) is 28.3 Å². The Bertz CT molecular complexity index is 2190. The van der Waals surface area contributed by atoms with Gasteiger partial charge in [0.25, 0.3) is 11.8 Å². The van der Waals surface area contributed by atoms with Gasteiger partial charge in [-0.1, -0.05) is 161 Å². The average Bonchev–Trinajstić information content (AvgIpc) is 3.24. The van der Waals surface area contributed by atoms with E-state index in [1.807, 2.05) is 12.1 Å². The summed E-state index contributed by atoms with van der Waals surface area (Å²) in [6, 6.07) is 12.2. The zero-order valence-electron chi connectivity index (χ0n) is 36.7. The topological polar surface area (TPSA) is 133 Å². The molecule has 0 bridgehead atoms. The number of amides is 2. The molecule has 60 heavy (non-hydrogen) atoms. The largest absolute Gasteiger partial charge is 0.478 e. The molecular formula is C52H70N2O6. The third kappa shape index (κ3) is 11.6. The fourth-order valence-electron chi connectivity index (χ4n) is 9.21. The fourth-order valence-corrected chi connectivity index (χ4v) is 9.21. The number of unbranched alkanes of at least 4 members (excludes halogenated alkanes) is 19. The summed E-state index contributed by atoms with van der Waals surface area (Å²) in [7, 11) is 0. The van der Waals surface area contributed by atoms with E-state index >= 15 is 0 Å². The smallest absolute Gasteiger partial charge is 0.336 e.